The monoisotopic (exact) mass is 640 g/mol. The number of furan rings is 1. The molecule has 0 bridgehead atoms. The van der Waals surface area contributed by atoms with Crippen LogP contribution >= 0.6 is 11.3 Å². The molecule has 0 aliphatic carbocycles. The fraction of sp³-hybridized carbons (Fsp3) is 0. The van der Waals surface area contributed by atoms with Crippen LogP contribution in [0.4, 0.5) is 0 Å². The van der Waals surface area contributed by atoms with Crippen molar-refractivity contribution in [3.8, 4) is 45.3 Å². The van der Waals surface area contributed by atoms with Crippen LogP contribution in [0.5, 0.6) is 0 Å². The quantitative estimate of drug-likeness (QED) is 0.192. The van der Waals surface area contributed by atoms with E-state index in [2.05, 4.69) is 24.3 Å². The lowest BCUT2D eigenvalue weighted by molar-refractivity contribution is 0.672. The van der Waals surface area contributed by atoms with Crippen LogP contribution in [0.1, 0.15) is 12.3 Å². The predicted octanol–water partition coefficient (Wildman–Crippen LogP) is 12.0. The summed E-state index contributed by atoms with van der Waals surface area (Å²) in [5.41, 5.74) is 2.78. The molecule has 0 aliphatic heterocycles. The van der Waals surface area contributed by atoms with Crippen molar-refractivity contribution in [1.82, 2.24) is 15.0 Å². The maximum absolute atomic E-state index is 9.57. The van der Waals surface area contributed by atoms with E-state index in [1.807, 2.05) is 72.8 Å². The molecule has 0 saturated carbocycles. The molecule has 48 heavy (non-hydrogen) atoms. The van der Waals surface area contributed by atoms with Crippen molar-refractivity contribution in [1.29, 1.82) is 0 Å². The molecule has 0 amide bonds. The van der Waals surface area contributed by atoms with Crippen LogP contribution < -0.4 is 0 Å². The second-order valence-electron chi connectivity index (χ2n) is 11.3. The highest BCUT2D eigenvalue weighted by Gasteiger charge is 2.18. The highest BCUT2D eigenvalue weighted by Crippen LogP contribution is 2.43. The van der Waals surface area contributed by atoms with Gasteiger partial charge in [-0.2, -0.15) is 0 Å². The largest absolute Gasteiger partial charge is 0.455 e. The minimum atomic E-state index is -0.559. The second kappa shape index (κ2) is 10.7. The molecule has 3 heterocycles. The molecule has 5 heteroatoms. The lowest BCUT2D eigenvalue weighted by Gasteiger charge is -2.11. The van der Waals surface area contributed by atoms with Gasteiger partial charge >= 0.3 is 0 Å². The van der Waals surface area contributed by atoms with Crippen LogP contribution in [0.3, 0.4) is 0 Å². The standard InChI is InChI=1S/C43H25N3OS/c1-3-11-26(12-4-1)34-24-30(25-38-39(34)33-17-9-10-18-37(33)48-38)43-45-41(28-14-5-2-6-15-28)44-42(46-43)29-20-22-36-35(23-29)32-21-19-27-13-7-8-16-31(27)40(32)47-36/h1-25H/i7D,8D,13D,16D,19D,20D,21D,22D,23D. The molecule has 224 valence electrons. The minimum absolute atomic E-state index is 0.0587. The first-order valence-electron chi connectivity index (χ1n) is 19.7. The molecule has 0 unspecified atom stereocenters. The molecule has 10 rings (SSSR count). The van der Waals surface area contributed by atoms with Gasteiger partial charge in [-0.05, 0) is 58.9 Å². The molecule has 7 aromatic carbocycles. The van der Waals surface area contributed by atoms with Crippen molar-refractivity contribution in [2.75, 3.05) is 0 Å². The van der Waals surface area contributed by atoms with Crippen molar-refractivity contribution < 1.29 is 16.8 Å². The normalized spacial score (nSPS) is 14.4. The summed E-state index contributed by atoms with van der Waals surface area (Å²) in [4.78, 5) is 14.6. The van der Waals surface area contributed by atoms with Gasteiger partial charge < -0.3 is 4.42 Å². The molecule has 4 nitrogen and oxygen atoms in total. The van der Waals surface area contributed by atoms with Crippen LogP contribution in [0.2, 0.25) is 0 Å². The Labute approximate surface area is 292 Å². The number of fused-ring (bicyclic) bond motifs is 8. The number of benzene rings is 7. The van der Waals surface area contributed by atoms with Crippen molar-refractivity contribution in [3.05, 3.63) is 151 Å². The van der Waals surface area contributed by atoms with Crippen LogP contribution in [0, 0.1) is 0 Å². The zero-order valence-electron chi connectivity index (χ0n) is 33.9. The lowest BCUT2D eigenvalue weighted by Crippen LogP contribution is -2.00. The minimum Gasteiger partial charge on any atom is -0.455 e. The van der Waals surface area contributed by atoms with Crippen molar-refractivity contribution in [2.45, 2.75) is 0 Å². The molecule has 0 saturated heterocycles. The average Bonchev–Trinajstić information content (AvgIpc) is 3.83. The van der Waals surface area contributed by atoms with E-state index in [1.54, 1.807) is 11.3 Å². The van der Waals surface area contributed by atoms with Crippen LogP contribution in [0.25, 0.3) is 98.2 Å². The summed E-state index contributed by atoms with van der Waals surface area (Å²) in [7, 11) is 0. The Balaban J connectivity index is 1.29. The first kappa shape index (κ1) is 19.5. The Kier molecular flexibility index (Phi) is 4.34. The van der Waals surface area contributed by atoms with Gasteiger partial charge in [-0.25, -0.2) is 15.0 Å². The van der Waals surface area contributed by atoms with E-state index in [-0.39, 0.29) is 61.8 Å². The van der Waals surface area contributed by atoms with Gasteiger partial charge in [0, 0.05) is 53.0 Å². The molecule has 10 aromatic rings. The topological polar surface area (TPSA) is 51.8 Å². The molecule has 3 aromatic heterocycles. The van der Waals surface area contributed by atoms with Gasteiger partial charge in [0.05, 0.1) is 12.3 Å². The summed E-state index contributed by atoms with van der Waals surface area (Å²) in [5.74, 6) is 0.485. The van der Waals surface area contributed by atoms with Gasteiger partial charge in [-0.15, -0.1) is 11.3 Å². The van der Waals surface area contributed by atoms with Crippen molar-refractivity contribution >= 4 is 64.2 Å². The summed E-state index contributed by atoms with van der Waals surface area (Å²) >= 11 is 1.65. The zero-order valence-corrected chi connectivity index (χ0v) is 25.7. The number of hydrogen-bond donors (Lipinski definition) is 0. The summed E-state index contributed by atoms with van der Waals surface area (Å²) in [6.07, 6.45) is 0. The van der Waals surface area contributed by atoms with Crippen LogP contribution in [-0.2, 0) is 0 Å². The van der Waals surface area contributed by atoms with Crippen LogP contribution in [0.15, 0.2) is 156 Å². The Hall–Kier alpha value is -6.17. The highest BCUT2D eigenvalue weighted by atomic mass is 32.1. The van der Waals surface area contributed by atoms with E-state index in [9.17, 15) is 2.74 Å². The third kappa shape index (κ3) is 4.33. The second-order valence-corrected chi connectivity index (χ2v) is 12.4. The van der Waals surface area contributed by atoms with Crippen molar-refractivity contribution in [2.24, 2.45) is 0 Å². The van der Waals surface area contributed by atoms with E-state index < -0.39 is 48.3 Å². The van der Waals surface area contributed by atoms with E-state index in [0.717, 1.165) is 31.3 Å². The maximum atomic E-state index is 9.57. The predicted molar refractivity (Wildman–Crippen MR) is 199 cm³/mol. The molecule has 0 fully saturated rings. The number of hydrogen-bond acceptors (Lipinski definition) is 5. The van der Waals surface area contributed by atoms with E-state index in [0.29, 0.717) is 11.1 Å². The van der Waals surface area contributed by atoms with Gasteiger partial charge in [-0.1, -0.05) is 109 Å². The summed E-state index contributed by atoms with van der Waals surface area (Å²) < 4.78 is 87.7. The highest BCUT2D eigenvalue weighted by molar-refractivity contribution is 7.26. The number of nitrogens with zero attached hydrogens (tertiary/aromatic N) is 3. The third-order valence-corrected chi connectivity index (χ3v) is 9.52. The van der Waals surface area contributed by atoms with E-state index in [1.165, 1.54) is 0 Å². The number of rotatable bonds is 4. The van der Waals surface area contributed by atoms with Crippen LogP contribution in [-0.4, -0.2) is 15.0 Å². The first-order chi connectivity index (χ1) is 27.5. The molecule has 0 atom stereocenters. The Morgan fingerprint density at radius 3 is 2.06 bits per heavy atom. The fourth-order valence-corrected chi connectivity index (χ4v) is 7.36. The molecule has 0 radical (unpaired) electrons. The summed E-state index contributed by atoms with van der Waals surface area (Å²) in [6, 6.07) is 27.4. The Morgan fingerprint density at radius 2 is 1.23 bits per heavy atom. The summed E-state index contributed by atoms with van der Waals surface area (Å²) in [5, 5.41) is 1.74. The summed E-state index contributed by atoms with van der Waals surface area (Å²) in [6.45, 7) is 0. The van der Waals surface area contributed by atoms with Gasteiger partial charge in [0.25, 0.3) is 0 Å². The fourth-order valence-electron chi connectivity index (χ4n) is 6.18. The first-order valence-corrected chi connectivity index (χ1v) is 16.0. The molecule has 0 spiro atoms. The molecular weight excluding hydrogens is 607 g/mol. The van der Waals surface area contributed by atoms with Gasteiger partial charge in [0.1, 0.15) is 11.2 Å². The zero-order chi connectivity index (χ0) is 39.4. The Bertz CT molecular complexity index is 3350. The SMILES string of the molecule is [2H]c1c(-c2nc(-c3ccccc3)nc(-c3cc(-c4ccccc4)c4c(c3)sc3ccccc34)n2)c([2H])c2c(oc3c4c([2H])c([2H])c([2H])c([2H])c4c([2H])c([2H])c32)c1[2H]. The van der Waals surface area contributed by atoms with Gasteiger partial charge in [0.15, 0.2) is 17.5 Å². The van der Waals surface area contributed by atoms with Crippen molar-refractivity contribution in [3.63, 3.8) is 0 Å². The Morgan fingerprint density at radius 1 is 0.521 bits per heavy atom. The van der Waals surface area contributed by atoms with Gasteiger partial charge in [0.2, 0.25) is 0 Å². The van der Waals surface area contributed by atoms with Gasteiger partial charge in [-0.3, -0.25) is 0 Å². The van der Waals surface area contributed by atoms with E-state index >= 15 is 0 Å². The third-order valence-electron chi connectivity index (χ3n) is 8.40. The lowest BCUT2D eigenvalue weighted by atomic mass is 9.97. The average molecular weight is 641 g/mol. The number of aromatic nitrogens is 3. The maximum Gasteiger partial charge on any atom is 0.164 e. The molecular formula is C43H25N3OS. The smallest absolute Gasteiger partial charge is 0.164 e. The van der Waals surface area contributed by atoms with E-state index in [4.69, 9.17) is 29.0 Å². The molecule has 0 N–H and O–H groups in total. The number of thiophene rings is 1. The molecule has 0 aliphatic rings.